The number of amides is 2. The van der Waals surface area contributed by atoms with Crippen LogP contribution < -0.4 is 10.6 Å². The number of carbonyl (C=O) groups is 4. The standard InChI is InChI=1S/C32H54N2O10/c1-7-8-9-10-11-12-13-14-19-43-28(39)44-22-15-16-23(25(36)33-20-22)34-26(37)24(42-6)32(41)27(38)31(40,30(32,4)5)18-17-29(2,3)21-35/h17-18,21-24,27,38,40-41H,7-16,19-20H2,1-6H3,(H,33,36)(H,34,37)/b18-17+/t22-,23+,24+,27+,31+,32+/m1/s1. The number of rotatable bonds is 17. The molecule has 1 aliphatic heterocycles. The van der Waals surface area contributed by atoms with Crippen LogP contribution in [0.15, 0.2) is 12.2 Å². The smallest absolute Gasteiger partial charge is 0.434 e. The molecule has 0 unspecified atom stereocenters. The Balaban J connectivity index is 1.91. The zero-order chi connectivity index (χ0) is 33.2. The Labute approximate surface area is 261 Å². The van der Waals surface area contributed by atoms with Gasteiger partial charge < -0.3 is 45.0 Å². The number of ether oxygens (including phenoxy) is 3. The topological polar surface area (TPSA) is 181 Å². The van der Waals surface area contributed by atoms with Gasteiger partial charge in [0, 0.05) is 17.9 Å². The van der Waals surface area contributed by atoms with Gasteiger partial charge in [-0.05, 0) is 33.1 Å². The number of carbonyl (C=O) groups excluding carboxylic acids is 4. The van der Waals surface area contributed by atoms with Gasteiger partial charge in [-0.25, -0.2) is 4.79 Å². The predicted molar refractivity (Wildman–Crippen MR) is 162 cm³/mol. The molecular weight excluding hydrogens is 572 g/mol. The molecule has 2 rings (SSSR count). The molecule has 12 nitrogen and oxygen atoms in total. The molecule has 1 saturated carbocycles. The van der Waals surface area contributed by atoms with Crippen LogP contribution in [0.5, 0.6) is 0 Å². The van der Waals surface area contributed by atoms with Crippen LogP contribution in [-0.2, 0) is 28.6 Å². The molecule has 0 aromatic carbocycles. The lowest BCUT2D eigenvalue weighted by molar-refractivity contribution is -0.359. The van der Waals surface area contributed by atoms with Crippen molar-refractivity contribution in [3.8, 4) is 0 Å². The fourth-order valence-corrected chi connectivity index (χ4v) is 5.87. The van der Waals surface area contributed by atoms with Gasteiger partial charge in [-0.15, -0.1) is 0 Å². The van der Waals surface area contributed by atoms with E-state index >= 15 is 0 Å². The maximum absolute atomic E-state index is 13.3. The summed E-state index contributed by atoms with van der Waals surface area (Å²) in [5.74, 6) is -1.38. The van der Waals surface area contributed by atoms with Gasteiger partial charge in [-0.1, -0.05) is 77.9 Å². The van der Waals surface area contributed by atoms with E-state index in [0.29, 0.717) is 6.29 Å². The quantitative estimate of drug-likeness (QED) is 0.0697. The van der Waals surface area contributed by atoms with Crippen molar-refractivity contribution in [2.75, 3.05) is 20.3 Å². The van der Waals surface area contributed by atoms with E-state index in [2.05, 4.69) is 17.6 Å². The zero-order valence-electron chi connectivity index (χ0n) is 27.2. The van der Waals surface area contributed by atoms with Crippen LogP contribution in [0.2, 0.25) is 0 Å². The van der Waals surface area contributed by atoms with E-state index in [0.717, 1.165) is 19.3 Å². The normalized spacial score (nSPS) is 29.2. The average Bonchev–Trinajstić information content (AvgIpc) is 3.15. The number of nitrogens with one attached hydrogen (secondary N) is 2. The van der Waals surface area contributed by atoms with Gasteiger partial charge in [0.1, 0.15) is 35.7 Å². The first kappa shape index (κ1) is 37.6. The van der Waals surface area contributed by atoms with Gasteiger partial charge >= 0.3 is 6.16 Å². The summed E-state index contributed by atoms with van der Waals surface area (Å²) < 4.78 is 15.9. The van der Waals surface area contributed by atoms with Gasteiger partial charge in [0.2, 0.25) is 5.91 Å². The lowest BCUT2D eigenvalue weighted by Crippen LogP contribution is -2.86. The van der Waals surface area contributed by atoms with E-state index < -0.39 is 64.4 Å². The number of methoxy groups -OCH3 is 1. The highest BCUT2D eigenvalue weighted by Gasteiger charge is 2.78. The molecule has 0 radical (unpaired) electrons. The Morgan fingerprint density at radius 3 is 2.27 bits per heavy atom. The predicted octanol–water partition coefficient (Wildman–Crippen LogP) is 2.70. The van der Waals surface area contributed by atoms with Crippen molar-refractivity contribution >= 4 is 24.3 Å². The van der Waals surface area contributed by atoms with Crippen LogP contribution in [0.25, 0.3) is 0 Å². The molecule has 1 aliphatic carbocycles. The maximum Gasteiger partial charge on any atom is 0.508 e. The SMILES string of the molecule is CCCCCCCCCCOC(=O)O[C@@H]1CC[C@H](NC(=O)[C@H](OC)[C@]2(O)[C@@H](O)[C@@](O)(/C=C/C(C)(C)C=O)C2(C)C)C(=O)NC1. The molecule has 0 spiro atoms. The van der Waals surface area contributed by atoms with E-state index in [1.807, 2.05) is 0 Å². The number of aldehydes is 1. The van der Waals surface area contributed by atoms with Crippen molar-refractivity contribution in [3.63, 3.8) is 0 Å². The molecule has 0 aromatic heterocycles. The summed E-state index contributed by atoms with van der Waals surface area (Å²) in [6, 6.07) is -1.03. The summed E-state index contributed by atoms with van der Waals surface area (Å²) in [5.41, 5.74) is -6.67. The molecule has 0 bridgehead atoms. The average molecular weight is 627 g/mol. The minimum atomic E-state index is -2.25. The molecule has 1 heterocycles. The molecule has 0 aromatic rings. The van der Waals surface area contributed by atoms with Crippen LogP contribution >= 0.6 is 0 Å². The van der Waals surface area contributed by atoms with Crippen LogP contribution in [0.3, 0.4) is 0 Å². The summed E-state index contributed by atoms with van der Waals surface area (Å²) in [4.78, 5) is 49.6. The first-order valence-corrected chi connectivity index (χ1v) is 15.8. The fourth-order valence-electron chi connectivity index (χ4n) is 5.87. The minimum absolute atomic E-state index is 0.0396. The minimum Gasteiger partial charge on any atom is -0.434 e. The fraction of sp³-hybridized carbons (Fsp3) is 0.812. The van der Waals surface area contributed by atoms with Gasteiger partial charge in [0.05, 0.1) is 13.2 Å². The van der Waals surface area contributed by atoms with E-state index in [9.17, 15) is 34.5 Å². The lowest BCUT2D eigenvalue weighted by atomic mass is 9.44. The molecule has 1 saturated heterocycles. The summed E-state index contributed by atoms with van der Waals surface area (Å²) in [5, 5.41) is 39.0. The Morgan fingerprint density at radius 1 is 1.09 bits per heavy atom. The van der Waals surface area contributed by atoms with Crippen LogP contribution in [0.4, 0.5) is 4.79 Å². The lowest BCUT2D eigenvalue weighted by Gasteiger charge is -2.67. The van der Waals surface area contributed by atoms with Crippen molar-refractivity contribution in [2.45, 2.75) is 134 Å². The van der Waals surface area contributed by atoms with Crippen LogP contribution in [0.1, 0.15) is 98.8 Å². The molecule has 6 atom stereocenters. The molecule has 5 N–H and O–H groups in total. The number of hydrogen-bond donors (Lipinski definition) is 5. The third-order valence-corrected chi connectivity index (χ3v) is 9.18. The van der Waals surface area contributed by atoms with Gasteiger partial charge in [0.15, 0.2) is 6.10 Å². The summed E-state index contributed by atoms with van der Waals surface area (Å²) >= 11 is 0. The third kappa shape index (κ3) is 8.58. The van der Waals surface area contributed by atoms with Crippen molar-refractivity contribution in [2.24, 2.45) is 10.8 Å². The van der Waals surface area contributed by atoms with Gasteiger partial charge in [0.25, 0.3) is 5.91 Å². The monoisotopic (exact) mass is 626 g/mol. The molecule has 252 valence electrons. The molecular formula is C32H54N2O10. The highest BCUT2D eigenvalue weighted by Crippen LogP contribution is 2.60. The van der Waals surface area contributed by atoms with E-state index in [1.165, 1.54) is 65.2 Å². The first-order valence-electron chi connectivity index (χ1n) is 15.8. The Hall–Kier alpha value is -2.54. The van der Waals surface area contributed by atoms with E-state index in [1.54, 1.807) is 13.8 Å². The Bertz CT molecular complexity index is 1010. The van der Waals surface area contributed by atoms with Gasteiger partial charge in [-0.3, -0.25) is 9.59 Å². The second-order valence-electron chi connectivity index (χ2n) is 13.3. The molecule has 44 heavy (non-hydrogen) atoms. The summed E-state index contributed by atoms with van der Waals surface area (Å²) in [6.07, 6.45) is 7.71. The summed E-state index contributed by atoms with van der Waals surface area (Å²) in [6.45, 7) is 8.64. The Morgan fingerprint density at radius 2 is 1.70 bits per heavy atom. The highest BCUT2D eigenvalue weighted by molar-refractivity contribution is 5.90. The largest absolute Gasteiger partial charge is 0.508 e. The third-order valence-electron chi connectivity index (χ3n) is 9.18. The van der Waals surface area contributed by atoms with Crippen LogP contribution in [-0.4, -0.2) is 95.4 Å². The van der Waals surface area contributed by atoms with Crippen molar-refractivity contribution < 1.29 is 48.7 Å². The van der Waals surface area contributed by atoms with Gasteiger partial charge in [-0.2, -0.15) is 0 Å². The summed E-state index contributed by atoms with van der Waals surface area (Å²) in [7, 11) is 1.17. The second-order valence-corrected chi connectivity index (χ2v) is 13.3. The zero-order valence-corrected chi connectivity index (χ0v) is 27.2. The number of aliphatic hydroxyl groups excluding tert-OH is 1. The van der Waals surface area contributed by atoms with Crippen molar-refractivity contribution in [1.29, 1.82) is 0 Å². The van der Waals surface area contributed by atoms with Crippen LogP contribution in [0, 0.1) is 10.8 Å². The maximum atomic E-state index is 13.3. The Kier molecular flexibility index (Phi) is 13.8. The van der Waals surface area contributed by atoms with Crippen molar-refractivity contribution in [1.82, 2.24) is 10.6 Å². The number of allylic oxidation sites excluding steroid dienone is 1. The highest BCUT2D eigenvalue weighted by atomic mass is 16.7. The molecule has 2 aliphatic rings. The number of aliphatic hydroxyl groups is 3. The van der Waals surface area contributed by atoms with E-state index in [4.69, 9.17) is 14.2 Å². The second kappa shape index (κ2) is 16.1. The number of unbranched alkanes of at least 4 members (excludes halogenated alkanes) is 7. The van der Waals surface area contributed by atoms with Crippen molar-refractivity contribution in [3.05, 3.63) is 12.2 Å². The van der Waals surface area contributed by atoms with E-state index in [-0.39, 0.29) is 26.0 Å². The molecule has 2 fully saturated rings. The first-order chi connectivity index (χ1) is 20.6. The number of hydrogen-bond acceptors (Lipinski definition) is 10. The molecule has 2 amide bonds. The molecule has 12 heteroatoms.